The maximum absolute atomic E-state index is 11.6. The summed E-state index contributed by atoms with van der Waals surface area (Å²) >= 11 is 0. The fourth-order valence-corrected chi connectivity index (χ4v) is 1.33. The summed E-state index contributed by atoms with van der Waals surface area (Å²) in [6, 6.07) is 4.99. The van der Waals surface area contributed by atoms with Gasteiger partial charge >= 0.3 is 5.97 Å². The molecule has 0 aliphatic heterocycles. The molecule has 0 spiro atoms. The van der Waals surface area contributed by atoms with Gasteiger partial charge < -0.3 is 14.2 Å². The van der Waals surface area contributed by atoms with Crippen molar-refractivity contribution in [3.63, 3.8) is 0 Å². The fraction of sp³-hybridized carbons (Fsp3) is 0.357. The zero-order valence-corrected chi connectivity index (χ0v) is 11.1. The minimum absolute atomic E-state index is 0.389. The number of ether oxygens (including phenoxy) is 3. The zero-order chi connectivity index (χ0) is 13.5. The van der Waals surface area contributed by atoms with Gasteiger partial charge in [-0.15, -0.1) is 0 Å². The van der Waals surface area contributed by atoms with E-state index in [1.54, 1.807) is 25.3 Å². The average Bonchev–Trinajstić information content (AvgIpc) is 2.37. The molecule has 0 amide bonds. The van der Waals surface area contributed by atoms with Gasteiger partial charge in [-0.2, -0.15) is 0 Å². The summed E-state index contributed by atoms with van der Waals surface area (Å²) in [7, 11) is 2.90. The number of esters is 1. The first-order chi connectivity index (χ1) is 8.58. The number of hydrogen-bond acceptors (Lipinski definition) is 4. The monoisotopic (exact) mass is 250 g/mol. The van der Waals surface area contributed by atoms with Crippen LogP contribution >= 0.6 is 0 Å². The maximum atomic E-state index is 11.6. The molecule has 0 aliphatic rings. The van der Waals surface area contributed by atoms with E-state index in [1.165, 1.54) is 7.11 Å². The Balaban J connectivity index is 2.96. The molecular weight excluding hydrogens is 232 g/mol. The minimum atomic E-state index is -0.426. The van der Waals surface area contributed by atoms with Crippen molar-refractivity contribution >= 4 is 5.97 Å². The summed E-state index contributed by atoms with van der Waals surface area (Å²) in [5, 5.41) is 0. The second kappa shape index (κ2) is 6.69. The standard InChI is InChI=1S/C14H18O4/c1-10(2)7-8-18-13-9-11(16-3)5-6-12(13)14(15)17-4/h5-7,9H,8H2,1-4H3. The number of rotatable bonds is 5. The van der Waals surface area contributed by atoms with E-state index >= 15 is 0 Å². The molecular formula is C14H18O4. The van der Waals surface area contributed by atoms with Gasteiger partial charge in [0.15, 0.2) is 0 Å². The summed E-state index contributed by atoms with van der Waals surface area (Å²) < 4.78 is 15.4. The SMILES string of the molecule is COC(=O)c1ccc(OC)cc1OCC=C(C)C. The van der Waals surface area contributed by atoms with Crippen LogP contribution < -0.4 is 9.47 Å². The summed E-state index contributed by atoms with van der Waals surface area (Å²) in [5.74, 6) is 0.665. The van der Waals surface area contributed by atoms with E-state index in [0.717, 1.165) is 5.57 Å². The van der Waals surface area contributed by atoms with Crippen LogP contribution in [0.1, 0.15) is 24.2 Å². The molecule has 1 aromatic carbocycles. The minimum Gasteiger partial charge on any atom is -0.497 e. The van der Waals surface area contributed by atoms with E-state index in [1.807, 2.05) is 19.9 Å². The number of hydrogen-bond donors (Lipinski definition) is 0. The van der Waals surface area contributed by atoms with Crippen LogP contribution in [0, 0.1) is 0 Å². The number of benzene rings is 1. The van der Waals surface area contributed by atoms with Gasteiger partial charge in [-0.1, -0.05) is 5.57 Å². The van der Waals surface area contributed by atoms with Crippen molar-refractivity contribution in [3.8, 4) is 11.5 Å². The van der Waals surface area contributed by atoms with Crippen LogP contribution in [0.5, 0.6) is 11.5 Å². The van der Waals surface area contributed by atoms with Crippen LogP contribution in [-0.4, -0.2) is 26.8 Å². The molecule has 0 saturated carbocycles. The summed E-state index contributed by atoms with van der Waals surface area (Å²) in [4.78, 5) is 11.6. The molecule has 0 saturated heterocycles. The lowest BCUT2D eigenvalue weighted by Gasteiger charge is -2.10. The lowest BCUT2D eigenvalue weighted by Crippen LogP contribution is -2.06. The summed E-state index contributed by atoms with van der Waals surface area (Å²) in [6.07, 6.45) is 1.93. The number of methoxy groups -OCH3 is 2. The van der Waals surface area contributed by atoms with Gasteiger partial charge in [-0.25, -0.2) is 4.79 Å². The molecule has 0 radical (unpaired) electrons. The molecule has 1 rings (SSSR count). The van der Waals surface area contributed by atoms with Crippen LogP contribution in [0.2, 0.25) is 0 Å². The van der Waals surface area contributed by atoms with Crippen molar-refractivity contribution in [2.24, 2.45) is 0 Å². The molecule has 98 valence electrons. The van der Waals surface area contributed by atoms with Crippen molar-refractivity contribution in [3.05, 3.63) is 35.4 Å². The third kappa shape index (κ3) is 3.80. The van der Waals surface area contributed by atoms with Gasteiger partial charge in [0, 0.05) is 6.07 Å². The highest BCUT2D eigenvalue weighted by molar-refractivity contribution is 5.92. The molecule has 1 aromatic rings. The third-order valence-corrected chi connectivity index (χ3v) is 2.32. The molecule has 0 unspecified atom stereocenters. The Morgan fingerprint density at radius 1 is 1.28 bits per heavy atom. The highest BCUT2D eigenvalue weighted by Crippen LogP contribution is 2.25. The van der Waals surface area contributed by atoms with Gasteiger partial charge in [0.2, 0.25) is 0 Å². The van der Waals surface area contributed by atoms with E-state index in [0.29, 0.717) is 23.7 Å². The fourth-order valence-electron chi connectivity index (χ4n) is 1.33. The van der Waals surface area contributed by atoms with Crippen molar-refractivity contribution in [1.29, 1.82) is 0 Å². The Bertz CT molecular complexity index is 445. The highest BCUT2D eigenvalue weighted by atomic mass is 16.5. The molecule has 18 heavy (non-hydrogen) atoms. The lowest BCUT2D eigenvalue weighted by molar-refractivity contribution is 0.0596. The van der Waals surface area contributed by atoms with E-state index in [4.69, 9.17) is 14.2 Å². The molecule has 0 aliphatic carbocycles. The summed E-state index contributed by atoms with van der Waals surface area (Å²) in [5.41, 5.74) is 1.54. The van der Waals surface area contributed by atoms with Crippen LogP contribution in [0.4, 0.5) is 0 Å². The van der Waals surface area contributed by atoms with E-state index < -0.39 is 5.97 Å². The number of carbonyl (C=O) groups is 1. The van der Waals surface area contributed by atoms with Crippen molar-refractivity contribution in [1.82, 2.24) is 0 Å². The average molecular weight is 250 g/mol. The normalized spacial score (nSPS) is 9.56. The predicted molar refractivity (Wildman–Crippen MR) is 69.3 cm³/mol. The van der Waals surface area contributed by atoms with Gasteiger partial charge in [0.05, 0.1) is 14.2 Å². The second-order valence-corrected chi connectivity index (χ2v) is 3.95. The third-order valence-electron chi connectivity index (χ3n) is 2.32. The Morgan fingerprint density at radius 2 is 2.00 bits per heavy atom. The first kappa shape index (κ1) is 14.1. The molecule has 0 aromatic heterocycles. The molecule has 0 bridgehead atoms. The Hall–Kier alpha value is -1.97. The number of allylic oxidation sites excluding steroid dienone is 1. The zero-order valence-electron chi connectivity index (χ0n) is 11.1. The molecule has 0 fully saturated rings. The second-order valence-electron chi connectivity index (χ2n) is 3.95. The Labute approximate surface area is 107 Å². The first-order valence-electron chi connectivity index (χ1n) is 5.61. The van der Waals surface area contributed by atoms with Crippen LogP contribution in [0.3, 0.4) is 0 Å². The lowest BCUT2D eigenvalue weighted by atomic mass is 10.2. The highest BCUT2D eigenvalue weighted by Gasteiger charge is 2.13. The molecule has 0 heterocycles. The molecule has 4 nitrogen and oxygen atoms in total. The van der Waals surface area contributed by atoms with E-state index in [-0.39, 0.29) is 0 Å². The molecule has 0 N–H and O–H groups in total. The Morgan fingerprint density at radius 3 is 2.56 bits per heavy atom. The van der Waals surface area contributed by atoms with Crippen LogP contribution in [0.15, 0.2) is 29.8 Å². The summed E-state index contributed by atoms with van der Waals surface area (Å²) in [6.45, 7) is 4.37. The van der Waals surface area contributed by atoms with E-state index in [9.17, 15) is 4.79 Å². The molecule has 4 heteroatoms. The smallest absolute Gasteiger partial charge is 0.341 e. The Kier molecular flexibility index (Phi) is 5.24. The maximum Gasteiger partial charge on any atom is 0.341 e. The number of carbonyl (C=O) groups excluding carboxylic acids is 1. The predicted octanol–water partition coefficient (Wildman–Crippen LogP) is 2.83. The van der Waals surface area contributed by atoms with Crippen molar-refractivity contribution < 1.29 is 19.0 Å². The van der Waals surface area contributed by atoms with Crippen LogP contribution in [0.25, 0.3) is 0 Å². The van der Waals surface area contributed by atoms with Crippen molar-refractivity contribution in [2.75, 3.05) is 20.8 Å². The first-order valence-corrected chi connectivity index (χ1v) is 5.61. The van der Waals surface area contributed by atoms with Crippen molar-refractivity contribution in [2.45, 2.75) is 13.8 Å². The van der Waals surface area contributed by atoms with E-state index in [2.05, 4.69) is 0 Å². The van der Waals surface area contributed by atoms with Gasteiger partial charge in [-0.05, 0) is 32.1 Å². The quantitative estimate of drug-likeness (QED) is 0.595. The van der Waals surface area contributed by atoms with Gasteiger partial charge in [0.1, 0.15) is 23.7 Å². The van der Waals surface area contributed by atoms with Crippen LogP contribution in [-0.2, 0) is 4.74 Å². The van der Waals surface area contributed by atoms with Gasteiger partial charge in [-0.3, -0.25) is 0 Å². The molecule has 0 atom stereocenters. The topological polar surface area (TPSA) is 44.8 Å². The van der Waals surface area contributed by atoms with Gasteiger partial charge in [0.25, 0.3) is 0 Å². The largest absolute Gasteiger partial charge is 0.497 e.